The molecule has 118 valence electrons. The molecule has 1 N–H and O–H groups in total. The van der Waals surface area contributed by atoms with E-state index in [4.69, 9.17) is 4.74 Å². The van der Waals surface area contributed by atoms with Crippen molar-refractivity contribution in [2.45, 2.75) is 25.5 Å². The molecule has 3 heteroatoms. The van der Waals surface area contributed by atoms with Crippen LogP contribution >= 0.6 is 0 Å². The van der Waals surface area contributed by atoms with Crippen molar-refractivity contribution < 1.29 is 4.74 Å². The zero-order chi connectivity index (χ0) is 15.2. The Hall–Kier alpha value is -1.84. The number of rotatable bonds is 3. The number of hydrogen-bond donors (Lipinski definition) is 1. The van der Waals surface area contributed by atoms with E-state index >= 15 is 0 Å². The van der Waals surface area contributed by atoms with Crippen LogP contribution in [0.5, 0.6) is 0 Å². The number of morpholine rings is 1. The maximum atomic E-state index is 5.94. The molecule has 5 rings (SSSR count). The molecular formula is C20H22N2O. The summed E-state index contributed by atoms with van der Waals surface area (Å²) >= 11 is 0. The van der Waals surface area contributed by atoms with Crippen LogP contribution in [-0.2, 0) is 11.3 Å². The molecule has 2 fully saturated rings. The molecular weight excluding hydrogens is 284 g/mol. The van der Waals surface area contributed by atoms with Gasteiger partial charge in [0.15, 0.2) is 0 Å². The molecule has 2 heterocycles. The Bertz CT molecular complexity index is 857. The maximum absolute atomic E-state index is 5.94. The molecule has 0 bridgehead atoms. The van der Waals surface area contributed by atoms with E-state index in [1.54, 1.807) is 0 Å². The number of para-hydroxylation sites is 1. The van der Waals surface area contributed by atoms with Crippen molar-refractivity contribution in [1.82, 2.24) is 9.88 Å². The fraction of sp³-hybridized carbons (Fsp3) is 0.400. The molecule has 1 aromatic heterocycles. The number of nitrogens with one attached hydrogen (secondary N) is 1. The predicted molar refractivity (Wildman–Crippen MR) is 93.7 cm³/mol. The Morgan fingerprint density at radius 3 is 2.74 bits per heavy atom. The molecule has 2 aromatic carbocycles. The van der Waals surface area contributed by atoms with Gasteiger partial charge in [0.1, 0.15) is 0 Å². The summed E-state index contributed by atoms with van der Waals surface area (Å²) in [6.45, 7) is 3.82. The van der Waals surface area contributed by atoms with Crippen molar-refractivity contribution in [2.24, 2.45) is 5.92 Å². The number of fused-ring (bicyclic) bond motifs is 3. The Labute approximate surface area is 136 Å². The van der Waals surface area contributed by atoms with E-state index in [0.29, 0.717) is 0 Å². The average molecular weight is 306 g/mol. The van der Waals surface area contributed by atoms with Crippen LogP contribution in [0.15, 0.2) is 42.5 Å². The molecule has 23 heavy (non-hydrogen) atoms. The second kappa shape index (κ2) is 5.36. The zero-order valence-corrected chi connectivity index (χ0v) is 13.3. The van der Waals surface area contributed by atoms with Gasteiger partial charge >= 0.3 is 0 Å². The molecule has 1 unspecified atom stereocenters. The monoisotopic (exact) mass is 306 g/mol. The van der Waals surface area contributed by atoms with Crippen molar-refractivity contribution >= 4 is 21.8 Å². The molecule has 1 atom stereocenters. The van der Waals surface area contributed by atoms with Crippen LogP contribution < -0.4 is 5.32 Å². The van der Waals surface area contributed by atoms with Crippen LogP contribution in [0.2, 0.25) is 0 Å². The van der Waals surface area contributed by atoms with Gasteiger partial charge in [-0.1, -0.05) is 24.3 Å². The predicted octanol–water partition coefficient (Wildman–Crippen LogP) is 3.87. The third kappa shape index (κ3) is 2.35. The maximum Gasteiger partial charge on any atom is 0.0950 e. The normalized spacial score (nSPS) is 22.0. The SMILES string of the molecule is c1ccc2c(c1)c1cc(C3CNCCO3)ccc1n2CC1CC1. The number of nitrogens with zero attached hydrogens (tertiary/aromatic N) is 1. The van der Waals surface area contributed by atoms with Crippen molar-refractivity contribution in [2.75, 3.05) is 19.7 Å². The van der Waals surface area contributed by atoms with Crippen LogP contribution in [-0.4, -0.2) is 24.3 Å². The van der Waals surface area contributed by atoms with Crippen molar-refractivity contribution in [3.63, 3.8) is 0 Å². The van der Waals surface area contributed by atoms with Gasteiger partial charge in [0, 0.05) is 41.4 Å². The van der Waals surface area contributed by atoms with Gasteiger partial charge in [-0.05, 0) is 42.5 Å². The summed E-state index contributed by atoms with van der Waals surface area (Å²) in [4.78, 5) is 0. The fourth-order valence-corrected chi connectivity index (χ4v) is 3.81. The topological polar surface area (TPSA) is 26.2 Å². The standard InChI is InChI=1S/C20H22N2O/c1-2-4-18-16(3-1)17-11-15(20-12-21-9-10-23-20)7-8-19(17)22(18)13-14-5-6-14/h1-4,7-8,11,14,20-21H,5-6,9-10,12-13H2. The first-order valence-electron chi connectivity index (χ1n) is 8.73. The first kappa shape index (κ1) is 13.6. The minimum Gasteiger partial charge on any atom is -0.371 e. The molecule has 1 saturated heterocycles. The first-order chi connectivity index (χ1) is 11.4. The van der Waals surface area contributed by atoms with Crippen LogP contribution in [0.1, 0.15) is 24.5 Å². The van der Waals surface area contributed by atoms with Gasteiger partial charge in [-0.15, -0.1) is 0 Å². The highest BCUT2D eigenvalue weighted by atomic mass is 16.5. The largest absolute Gasteiger partial charge is 0.371 e. The number of hydrogen-bond acceptors (Lipinski definition) is 2. The second-order valence-electron chi connectivity index (χ2n) is 6.91. The molecule has 1 aliphatic carbocycles. The van der Waals surface area contributed by atoms with E-state index in [-0.39, 0.29) is 6.10 Å². The summed E-state index contributed by atoms with van der Waals surface area (Å²) in [5.74, 6) is 0.875. The van der Waals surface area contributed by atoms with Crippen LogP contribution in [0.25, 0.3) is 21.8 Å². The highest BCUT2D eigenvalue weighted by molar-refractivity contribution is 6.08. The van der Waals surface area contributed by atoms with Crippen LogP contribution in [0, 0.1) is 5.92 Å². The molecule has 0 radical (unpaired) electrons. The molecule has 1 aliphatic heterocycles. The van der Waals surface area contributed by atoms with E-state index < -0.39 is 0 Å². The highest BCUT2D eigenvalue weighted by Crippen LogP contribution is 2.36. The molecule has 2 aliphatic rings. The van der Waals surface area contributed by atoms with Crippen molar-refractivity contribution in [1.29, 1.82) is 0 Å². The van der Waals surface area contributed by atoms with E-state index in [2.05, 4.69) is 52.3 Å². The quantitative estimate of drug-likeness (QED) is 0.795. The van der Waals surface area contributed by atoms with E-state index in [1.807, 2.05) is 0 Å². The molecule has 3 aromatic rings. The molecule has 1 saturated carbocycles. The number of ether oxygens (including phenoxy) is 1. The lowest BCUT2D eigenvalue weighted by molar-refractivity contribution is 0.0278. The Kier molecular flexibility index (Phi) is 3.17. The zero-order valence-electron chi connectivity index (χ0n) is 13.3. The third-order valence-corrected chi connectivity index (χ3v) is 5.23. The molecule has 0 amide bonds. The van der Waals surface area contributed by atoms with Gasteiger partial charge in [0.05, 0.1) is 12.7 Å². The first-order valence-corrected chi connectivity index (χ1v) is 8.73. The second-order valence-corrected chi connectivity index (χ2v) is 6.91. The van der Waals surface area contributed by atoms with E-state index in [0.717, 1.165) is 32.2 Å². The van der Waals surface area contributed by atoms with E-state index in [1.165, 1.54) is 40.2 Å². The highest BCUT2D eigenvalue weighted by Gasteiger charge is 2.24. The van der Waals surface area contributed by atoms with Crippen molar-refractivity contribution in [3.05, 3.63) is 48.0 Å². The minimum atomic E-state index is 0.179. The van der Waals surface area contributed by atoms with Gasteiger partial charge in [-0.25, -0.2) is 0 Å². The van der Waals surface area contributed by atoms with Gasteiger partial charge < -0.3 is 14.6 Å². The summed E-state index contributed by atoms with van der Waals surface area (Å²) < 4.78 is 8.46. The number of aromatic nitrogens is 1. The summed E-state index contributed by atoms with van der Waals surface area (Å²) in [6.07, 6.45) is 2.94. The van der Waals surface area contributed by atoms with Crippen LogP contribution in [0.3, 0.4) is 0 Å². The summed E-state index contributed by atoms with van der Waals surface area (Å²) in [7, 11) is 0. The fourth-order valence-electron chi connectivity index (χ4n) is 3.81. The smallest absolute Gasteiger partial charge is 0.0950 e. The van der Waals surface area contributed by atoms with Gasteiger partial charge in [-0.2, -0.15) is 0 Å². The summed E-state index contributed by atoms with van der Waals surface area (Å²) in [5, 5.41) is 6.17. The van der Waals surface area contributed by atoms with Gasteiger partial charge in [-0.3, -0.25) is 0 Å². The van der Waals surface area contributed by atoms with Gasteiger partial charge in [0.25, 0.3) is 0 Å². The van der Waals surface area contributed by atoms with E-state index in [9.17, 15) is 0 Å². The minimum absolute atomic E-state index is 0.179. The van der Waals surface area contributed by atoms with Crippen LogP contribution in [0.4, 0.5) is 0 Å². The Morgan fingerprint density at radius 2 is 1.91 bits per heavy atom. The third-order valence-electron chi connectivity index (χ3n) is 5.23. The average Bonchev–Trinajstić information content (AvgIpc) is 3.39. The Morgan fingerprint density at radius 1 is 1.04 bits per heavy atom. The molecule has 0 spiro atoms. The summed E-state index contributed by atoms with van der Waals surface area (Å²) in [6, 6.07) is 15.7. The Balaban J connectivity index is 1.67. The number of benzene rings is 2. The lowest BCUT2D eigenvalue weighted by Crippen LogP contribution is -2.33. The molecule has 3 nitrogen and oxygen atoms in total. The summed E-state index contributed by atoms with van der Waals surface area (Å²) in [5.41, 5.74) is 4.03. The van der Waals surface area contributed by atoms with Crippen molar-refractivity contribution in [3.8, 4) is 0 Å². The van der Waals surface area contributed by atoms with Gasteiger partial charge in [0.2, 0.25) is 0 Å². The lowest BCUT2D eigenvalue weighted by Gasteiger charge is -2.24. The lowest BCUT2D eigenvalue weighted by atomic mass is 10.0.